The topological polar surface area (TPSA) is 121 Å². The van der Waals surface area contributed by atoms with Crippen LogP contribution in [0.25, 0.3) is 21.9 Å². The van der Waals surface area contributed by atoms with Gasteiger partial charge < -0.3 is 24.2 Å². The van der Waals surface area contributed by atoms with Crippen LogP contribution >= 0.6 is 0 Å². The third-order valence-electron chi connectivity index (χ3n) is 6.18. The Morgan fingerprint density at radius 1 is 0.875 bits per heavy atom. The maximum atomic E-state index is 12.4. The lowest BCUT2D eigenvalue weighted by atomic mass is 9.87. The zero-order valence-electron chi connectivity index (χ0n) is 17.2. The third-order valence-corrected chi connectivity index (χ3v) is 6.18. The number of aliphatic hydroxyl groups is 2. The maximum Gasteiger partial charge on any atom is 0.339 e. The van der Waals surface area contributed by atoms with Crippen LogP contribution in [0.15, 0.2) is 60.9 Å². The summed E-state index contributed by atoms with van der Waals surface area (Å²) in [5, 5.41) is 32.7. The lowest BCUT2D eigenvalue weighted by molar-refractivity contribution is 0.0194. The highest BCUT2D eigenvalue weighted by Gasteiger charge is 2.26. The Morgan fingerprint density at radius 3 is 2.44 bits per heavy atom. The van der Waals surface area contributed by atoms with Gasteiger partial charge in [-0.05, 0) is 61.1 Å². The van der Waals surface area contributed by atoms with Gasteiger partial charge in [0.25, 0.3) is 0 Å². The predicted molar refractivity (Wildman–Crippen MR) is 118 cm³/mol. The van der Waals surface area contributed by atoms with E-state index in [2.05, 4.69) is 0 Å². The number of benzene rings is 2. The zero-order valence-corrected chi connectivity index (χ0v) is 17.2. The van der Waals surface area contributed by atoms with E-state index in [1.807, 2.05) is 0 Å². The largest absolute Gasteiger partial charge is 0.508 e. The summed E-state index contributed by atoms with van der Waals surface area (Å²) in [4.78, 5) is 24.8. The number of phenols is 1. The molecule has 2 aromatic carbocycles. The predicted octanol–water partition coefficient (Wildman–Crippen LogP) is 3.12. The molecule has 2 heterocycles. The Morgan fingerprint density at radius 2 is 1.62 bits per heavy atom. The van der Waals surface area contributed by atoms with Crippen LogP contribution in [0.4, 0.5) is 0 Å². The number of aryl methyl sites for hydroxylation is 1. The molecule has 0 aliphatic heterocycles. The average Bonchev–Trinajstić information content (AvgIpc) is 2.79. The van der Waals surface area contributed by atoms with Crippen molar-refractivity contribution >= 4 is 21.9 Å². The van der Waals surface area contributed by atoms with Gasteiger partial charge in [0.2, 0.25) is 0 Å². The first kappa shape index (κ1) is 20.5. The zero-order chi connectivity index (χ0) is 22.4. The lowest BCUT2D eigenvalue weighted by Gasteiger charge is -2.23. The molecule has 0 amide bonds. The third kappa shape index (κ3) is 3.49. The molecular weight excluding hydrogens is 412 g/mol. The normalized spacial score (nSPS) is 15.6. The van der Waals surface area contributed by atoms with E-state index >= 15 is 0 Å². The summed E-state index contributed by atoms with van der Waals surface area (Å²) >= 11 is 0. The molecule has 0 saturated carbocycles. The summed E-state index contributed by atoms with van der Waals surface area (Å²) in [6, 6.07) is 11.1. The monoisotopic (exact) mass is 434 g/mol. The molecule has 32 heavy (non-hydrogen) atoms. The highest BCUT2D eigenvalue weighted by atomic mass is 16.4. The van der Waals surface area contributed by atoms with E-state index in [1.165, 1.54) is 12.1 Å². The van der Waals surface area contributed by atoms with Crippen molar-refractivity contribution in [2.45, 2.75) is 44.3 Å². The fraction of sp³-hybridized carbons (Fsp3) is 0.280. The van der Waals surface area contributed by atoms with Crippen molar-refractivity contribution in [3.8, 4) is 5.75 Å². The molecule has 4 aromatic rings. The molecule has 7 heteroatoms. The molecule has 0 bridgehead atoms. The Bertz CT molecular complexity index is 1450. The van der Waals surface area contributed by atoms with Gasteiger partial charge in [-0.1, -0.05) is 12.1 Å². The lowest BCUT2D eigenvalue weighted by Crippen LogP contribution is -2.25. The van der Waals surface area contributed by atoms with Gasteiger partial charge in [-0.2, -0.15) is 0 Å². The number of hydrogen-bond acceptors (Lipinski definition) is 7. The fourth-order valence-electron chi connectivity index (χ4n) is 4.60. The number of phenolic OH excluding ortho intramolecular Hbond substituents is 1. The first-order chi connectivity index (χ1) is 15.4. The van der Waals surface area contributed by atoms with Gasteiger partial charge in [-0.3, -0.25) is 0 Å². The van der Waals surface area contributed by atoms with Gasteiger partial charge in [-0.25, -0.2) is 9.59 Å². The maximum absolute atomic E-state index is 12.4. The van der Waals surface area contributed by atoms with Crippen LogP contribution in [0.5, 0.6) is 5.75 Å². The summed E-state index contributed by atoms with van der Waals surface area (Å²) < 4.78 is 10.8. The van der Waals surface area contributed by atoms with Crippen molar-refractivity contribution in [3.05, 3.63) is 85.6 Å². The van der Waals surface area contributed by atoms with Gasteiger partial charge in [0.05, 0.1) is 6.10 Å². The van der Waals surface area contributed by atoms with E-state index in [9.17, 15) is 24.9 Å². The highest BCUT2D eigenvalue weighted by molar-refractivity contribution is 5.85. The van der Waals surface area contributed by atoms with Crippen LogP contribution in [-0.2, 0) is 19.3 Å². The van der Waals surface area contributed by atoms with Crippen LogP contribution in [0.1, 0.15) is 41.2 Å². The summed E-state index contributed by atoms with van der Waals surface area (Å²) in [6.45, 7) is 0. The van der Waals surface area contributed by atoms with Gasteiger partial charge in [0.15, 0.2) is 0 Å². The first-order valence-corrected chi connectivity index (χ1v) is 10.6. The highest BCUT2D eigenvalue weighted by Crippen LogP contribution is 2.33. The van der Waals surface area contributed by atoms with Crippen LogP contribution in [0, 0.1) is 0 Å². The molecule has 0 spiro atoms. The van der Waals surface area contributed by atoms with Gasteiger partial charge >= 0.3 is 11.3 Å². The molecule has 3 N–H and O–H groups in total. The van der Waals surface area contributed by atoms with Crippen molar-refractivity contribution < 1.29 is 24.2 Å². The first-order valence-electron chi connectivity index (χ1n) is 10.6. The fourth-order valence-corrected chi connectivity index (χ4v) is 4.60. The minimum absolute atomic E-state index is 0.0187. The van der Waals surface area contributed by atoms with E-state index in [4.69, 9.17) is 8.83 Å². The van der Waals surface area contributed by atoms with Crippen LogP contribution in [-0.4, -0.2) is 21.4 Å². The summed E-state index contributed by atoms with van der Waals surface area (Å²) in [5.41, 5.74) is 1.81. The standard InChI is InChI=1S/C25H22O7/c26-15-9-8-13-10-14(24(29)32-21(13)12-15)11-19(27)23(28)18-6-3-7-20-22(18)16-4-1-2-5-17(16)25(30)31-20/h3,6-10,12,19,23,26-28H,1-2,4-5,11H2. The molecular formula is C25H22O7. The molecule has 164 valence electrons. The van der Waals surface area contributed by atoms with Gasteiger partial charge in [0.1, 0.15) is 23.0 Å². The second-order valence-electron chi connectivity index (χ2n) is 8.27. The number of rotatable bonds is 4. The average molecular weight is 434 g/mol. The summed E-state index contributed by atoms with van der Waals surface area (Å²) in [7, 11) is 0. The number of aromatic hydroxyl groups is 1. The summed E-state index contributed by atoms with van der Waals surface area (Å²) in [5.74, 6) is -0.0187. The second kappa shape index (κ2) is 7.93. The Balaban J connectivity index is 1.53. The van der Waals surface area contributed by atoms with Crippen molar-refractivity contribution in [1.29, 1.82) is 0 Å². The minimum atomic E-state index is -1.30. The minimum Gasteiger partial charge on any atom is -0.508 e. The SMILES string of the molecule is O=c1oc2cc(O)ccc2cc1CC(O)C(O)c1cccc2oc(=O)c3c(c12)CCCC3. The molecule has 2 aromatic heterocycles. The molecule has 1 aliphatic carbocycles. The van der Waals surface area contributed by atoms with Gasteiger partial charge in [0, 0.05) is 34.4 Å². The van der Waals surface area contributed by atoms with E-state index in [-0.39, 0.29) is 28.9 Å². The number of fused-ring (bicyclic) bond motifs is 4. The smallest absolute Gasteiger partial charge is 0.339 e. The quantitative estimate of drug-likeness (QED) is 0.422. The molecule has 2 atom stereocenters. The Labute approximate surface area is 182 Å². The van der Waals surface area contributed by atoms with Crippen LogP contribution < -0.4 is 11.3 Å². The Hall–Kier alpha value is -3.42. The number of hydrogen-bond donors (Lipinski definition) is 3. The molecule has 1 aliphatic rings. The van der Waals surface area contributed by atoms with E-state index in [1.54, 1.807) is 30.3 Å². The van der Waals surface area contributed by atoms with Crippen molar-refractivity contribution in [3.63, 3.8) is 0 Å². The van der Waals surface area contributed by atoms with E-state index in [0.717, 1.165) is 18.4 Å². The van der Waals surface area contributed by atoms with Crippen molar-refractivity contribution in [2.24, 2.45) is 0 Å². The van der Waals surface area contributed by atoms with E-state index < -0.39 is 17.8 Å². The Kier molecular flexibility index (Phi) is 5.07. The van der Waals surface area contributed by atoms with Crippen molar-refractivity contribution in [1.82, 2.24) is 0 Å². The molecule has 7 nitrogen and oxygen atoms in total. The van der Waals surface area contributed by atoms with E-state index in [0.29, 0.717) is 40.3 Å². The molecule has 0 saturated heterocycles. The molecule has 5 rings (SSSR count). The molecule has 0 radical (unpaired) electrons. The van der Waals surface area contributed by atoms with Gasteiger partial charge in [-0.15, -0.1) is 0 Å². The van der Waals surface area contributed by atoms with Crippen molar-refractivity contribution in [2.75, 3.05) is 0 Å². The second-order valence-corrected chi connectivity index (χ2v) is 8.27. The van der Waals surface area contributed by atoms with Crippen LogP contribution in [0.2, 0.25) is 0 Å². The summed E-state index contributed by atoms with van der Waals surface area (Å²) in [6.07, 6.45) is 0.470. The molecule has 2 unspecified atom stereocenters. The van der Waals surface area contributed by atoms with Crippen LogP contribution in [0.3, 0.4) is 0 Å². The number of aliphatic hydroxyl groups excluding tert-OH is 2. The molecule has 0 fully saturated rings.